The van der Waals surface area contributed by atoms with Gasteiger partial charge in [-0.05, 0) is 43.2 Å². The molecule has 0 spiro atoms. The Morgan fingerprint density at radius 2 is 1.89 bits per heavy atom. The number of carbonyl (C=O) groups is 2. The van der Waals surface area contributed by atoms with Crippen molar-refractivity contribution in [1.82, 2.24) is 0 Å². The number of carbonyl (C=O) groups excluding carboxylic acids is 2. The first kappa shape index (κ1) is 20.5. The second-order valence-electron chi connectivity index (χ2n) is 5.79. The summed E-state index contributed by atoms with van der Waals surface area (Å²) in [6.45, 7) is 1.37. The molecule has 0 heterocycles. The zero-order valence-electron chi connectivity index (χ0n) is 14.5. The molecule has 0 saturated carbocycles. The Balaban J connectivity index is 1.90. The second-order valence-corrected chi connectivity index (χ2v) is 7.35. The van der Waals surface area contributed by atoms with Gasteiger partial charge in [-0.2, -0.15) is 0 Å². The number of amides is 1. The molecule has 0 bridgehead atoms. The van der Waals surface area contributed by atoms with Crippen molar-refractivity contribution in [2.24, 2.45) is 5.14 Å². The molecule has 0 aromatic heterocycles. The van der Waals surface area contributed by atoms with Crippen molar-refractivity contribution in [3.63, 3.8) is 0 Å². The predicted molar refractivity (Wildman–Crippen MR) is 96.7 cm³/mol. The number of benzene rings is 2. The van der Waals surface area contributed by atoms with Gasteiger partial charge in [-0.3, -0.25) is 9.59 Å². The third-order valence-electron chi connectivity index (χ3n) is 3.66. The number of halogens is 1. The van der Waals surface area contributed by atoms with E-state index in [4.69, 9.17) is 9.88 Å². The molecule has 7 nitrogen and oxygen atoms in total. The van der Waals surface area contributed by atoms with Crippen molar-refractivity contribution in [1.29, 1.82) is 0 Å². The van der Waals surface area contributed by atoms with Gasteiger partial charge < -0.3 is 10.1 Å². The topological polar surface area (TPSA) is 116 Å². The van der Waals surface area contributed by atoms with E-state index in [-0.39, 0.29) is 23.4 Å². The first-order valence-corrected chi connectivity index (χ1v) is 9.58. The summed E-state index contributed by atoms with van der Waals surface area (Å²) in [5, 5.41) is 7.48. The van der Waals surface area contributed by atoms with Crippen molar-refractivity contribution >= 4 is 27.6 Å². The van der Waals surface area contributed by atoms with Gasteiger partial charge in [0.05, 0.1) is 4.90 Å². The zero-order chi connectivity index (χ0) is 20.0. The molecule has 27 heavy (non-hydrogen) atoms. The number of esters is 1. The number of rotatable bonds is 7. The monoisotopic (exact) mass is 394 g/mol. The number of primary sulfonamides is 1. The van der Waals surface area contributed by atoms with Gasteiger partial charge >= 0.3 is 5.97 Å². The molecule has 2 aromatic rings. The number of hydrogen-bond donors (Lipinski definition) is 2. The normalized spacial score (nSPS) is 12.3. The molecule has 1 amide bonds. The Hall–Kier alpha value is -2.78. The Kier molecular flexibility index (Phi) is 6.65. The van der Waals surface area contributed by atoms with E-state index in [1.165, 1.54) is 37.3 Å². The number of anilines is 1. The molecule has 0 fully saturated rings. The van der Waals surface area contributed by atoms with Crippen molar-refractivity contribution < 1.29 is 27.1 Å². The van der Waals surface area contributed by atoms with E-state index in [9.17, 15) is 22.4 Å². The highest BCUT2D eigenvalue weighted by atomic mass is 32.2. The molecule has 144 valence electrons. The molecular formula is C18H19FN2O5S. The van der Waals surface area contributed by atoms with Crippen LogP contribution in [0.2, 0.25) is 0 Å². The van der Waals surface area contributed by atoms with Crippen LogP contribution >= 0.6 is 0 Å². The Labute approximate surface area is 156 Å². The van der Waals surface area contributed by atoms with E-state index in [0.717, 1.165) is 0 Å². The van der Waals surface area contributed by atoms with Gasteiger partial charge in [-0.1, -0.05) is 24.3 Å². The number of ether oxygens (including phenoxy) is 1. The summed E-state index contributed by atoms with van der Waals surface area (Å²) >= 11 is 0. The van der Waals surface area contributed by atoms with Gasteiger partial charge in [0.2, 0.25) is 10.0 Å². The van der Waals surface area contributed by atoms with Crippen LogP contribution in [0.4, 0.5) is 10.1 Å². The Morgan fingerprint density at radius 1 is 1.19 bits per heavy atom. The number of nitrogens with one attached hydrogen (secondary N) is 1. The molecule has 0 aliphatic rings. The second kappa shape index (κ2) is 8.74. The number of sulfonamides is 1. The first-order chi connectivity index (χ1) is 12.7. The van der Waals surface area contributed by atoms with Crippen molar-refractivity contribution in [2.75, 3.05) is 5.32 Å². The molecule has 0 unspecified atom stereocenters. The molecule has 3 N–H and O–H groups in total. The van der Waals surface area contributed by atoms with Gasteiger partial charge in [-0.15, -0.1) is 0 Å². The van der Waals surface area contributed by atoms with Crippen LogP contribution in [0.3, 0.4) is 0 Å². The Bertz CT molecular complexity index is 946. The summed E-state index contributed by atoms with van der Waals surface area (Å²) in [5.74, 6) is -1.70. The lowest BCUT2D eigenvalue weighted by atomic mass is 10.1. The average molecular weight is 394 g/mol. The maximum absolute atomic E-state index is 13.5. The standard InChI is InChI=1S/C18H19FN2O5S/c1-12(26-17(22)10-9-13-5-2-3-8-16(13)19)18(23)21-14-6-4-7-15(11-14)27(20,24)25/h2-8,11-12H,9-10H2,1H3,(H,21,23)(H2,20,24,25)/t12-/m1/s1. The summed E-state index contributed by atoms with van der Waals surface area (Å²) in [4.78, 5) is 23.8. The van der Waals surface area contributed by atoms with Crippen molar-refractivity contribution in [3.05, 3.63) is 59.9 Å². The minimum absolute atomic E-state index is 0.0839. The van der Waals surface area contributed by atoms with Crippen LogP contribution < -0.4 is 10.5 Å². The number of hydrogen-bond acceptors (Lipinski definition) is 5. The average Bonchev–Trinajstić information content (AvgIpc) is 2.60. The lowest BCUT2D eigenvalue weighted by Crippen LogP contribution is -2.30. The van der Waals surface area contributed by atoms with Crippen LogP contribution in [0.5, 0.6) is 0 Å². The number of nitrogens with two attached hydrogens (primary N) is 1. The summed E-state index contributed by atoms with van der Waals surface area (Å²) in [5.41, 5.74) is 0.576. The molecule has 0 radical (unpaired) electrons. The van der Waals surface area contributed by atoms with Crippen LogP contribution in [0, 0.1) is 5.82 Å². The molecule has 2 rings (SSSR count). The molecule has 2 aromatic carbocycles. The molecule has 0 saturated heterocycles. The van der Waals surface area contributed by atoms with Gasteiger partial charge in [0, 0.05) is 12.1 Å². The fraction of sp³-hybridized carbons (Fsp3) is 0.222. The zero-order valence-corrected chi connectivity index (χ0v) is 15.3. The fourth-order valence-electron chi connectivity index (χ4n) is 2.24. The minimum atomic E-state index is -3.90. The molecule has 0 aliphatic carbocycles. The van der Waals surface area contributed by atoms with E-state index in [2.05, 4.69) is 5.32 Å². The molecule has 1 atom stereocenters. The van der Waals surface area contributed by atoms with E-state index >= 15 is 0 Å². The largest absolute Gasteiger partial charge is 0.453 e. The highest BCUT2D eigenvalue weighted by molar-refractivity contribution is 7.89. The third kappa shape index (κ3) is 6.15. The van der Waals surface area contributed by atoms with Crippen LogP contribution in [0.1, 0.15) is 18.9 Å². The van der Waals surface area contributed by atoms with Crippen LogP contribution in [-0.4, -0.2) is 26.4 Å². The van der Waals surface area contributed by atoms with Crippen molar-refractivity contribution in [3.8, 4) is 0 Å². The third-order valence-corrected chi connectivity index (χ3v) is 4.57. The SMILES string of the molecule is C[C@@H](OC(=O)CCc1ccccc1F)C(=O)Nc1cccc(S(N)(=O)=O)c1. The first-order valence-electron chi connectivity index (χ1n) is 8.03. The van der Waals surface area contributed by atoms with E-state index in [0.29, 0.717) is 5.56 Å². The minimum Gasteiger partial charge on any atom is -0.453 e. The fourth-order valence-corrected chi connectivity index (χ4v) is 2.80. The highest BCUT2D eigenvalue weighted by Gasteiger charge is 2.19. The molecule has 0 aliphatic heterocycles. The van der Waals surface area contributed by atoms with Gasteiger partial charge in [0.1, 0.15) is 5.82 Å². The van der Waals surface area contributed by atoms with Crippen LogP contribution in [0.15, 0.2) is 53.4 Å². The highest BCUT2D eigenvalue weighted by Crippen LogP contribution is 2.15. The van der Waals surface area contributed by atoms with E-state index < -0.39 is 33.8 Å². The summed E-state index contributed by atoms with van der Waals surface area (Å²) in [6.07, 6.45) is -1.05. The molecule has 9 heteroatoms. The lowest BCUT2D eigenvalue weighted by molar-refractivity contribution is -0.153. The summed E-state index contributed by atoms with van der Waals surface area (Å²) < 4.78 is 41.2. The van der Waals surface area contributed by atoms with E-state index in [1.807, 2.05) is 0 Å². The van der Waals surface area contributed by atoms with Gasteiger partial charge in [-0.25, -0.2) is 17.9 Å². The quantitative estimate of drug-likeness (QED) is 0.697. The maximum Gasteiger partial charge on any atom is 0.306 e. The number of aryl methyl sites for hydroxylation is 1. The Morgan fingerprint density at radius 3 is 2.56 bits per heavy atom. The molecular weight excluding hydrogens is 375 g/mol. The lowest BCUT2D eigenvalue weighted by Gasteiger charge is -2.14. The smallest absolute Gasteiger partial charge is 0.306 e. The van der Waals surface area contributed by atoms with Gasteiger partial charge in [0.15, 0.2) is 6.10 Å². The van der Waals surface area contributed by atoms with E-state index in [1.54, 1.807) is 18.2 Å². The van der Waals surface area contributed by atoms with Gasteiger partial charge in [0.25, 0.3) is 5.91 Å². The van der Waals surface area contributed by atoms with Crippen molar-refractivity contribution in [2.45, 2.75) is 30.8 Å². The maximum atomic E-state index is 13.5. The summed E-state index contributed by atoms with van der Waals surface area (Å²) in [7, 11) is -3.90. The summed E-state index contributed by atoms with van der Waals surface area (Å²) in [6, 6.07) is 11.4. The van der Waals surface area contributed by atoms with Crippen LogP contribution in [-0.2, 0) is 30.8 Å². The van der Waals surface area contributed by atoms with Crippen LogP contribution in [0.25, 0.3) is 0 Å². The predicted octanol–water partition coefficient (Wildman–Crippen LogP) is 1.98.